The molecule has 0 saturated carbocycles. The highest BCUT2D eigenvalue weighted by Gasteiger charge is 2.22. The molecule has 1 aromatic rings. The molecule has 1 aromatic heterocycles. The molecule has 0 bridgehead atoms. The minimum atomic E-state index is 0.500. The number of aliphatic imine (C=N–C) groups is 1. The van der Waals surface area contributed by atoms with Crippen molar-refractivity contribution in [3.63, 3.8) is 0 Å². The van der Waals surface area contributed by atoms with Crippen LogP contribution in [-0.4, -0.2) is 61.3 Å². The van der Waals surface area contributed by atoms with Gasteiger partial charge in [-0.05, 0) is 38.3 Å². The van der Waals surface area contributed by atoms with Gasteiger partial charge in [0.25, 0.3) is 0 Å². The van der Waals surface area contributed by atoms with Crippen LogP contribution in [0.4, 0.5) is 0 Å². The molecule has 1 atom stereocenters. The summed E-state index contributed by atoms with van der Waals surface area (Å²) in [6.45, 7) is 14.7. The molecule has 0 aliphatic carbocycles. The smallest absolute Gasteiger partial charge is 0.191 e. The molecule has 1 saturated heterocycles. The third-order valence-electron chi connectivity index (χ3n) is 4.50. The van der Waals surface area contributed by atoms with Crippen molar-refractivity contribution in [3.8, 4) is 0 Å². The lowest BCUT2D eigenvalue weighted by Crippen LogP contribution is -2.51. The number of rotatable bonds is 8. The number of nitrogens with one attached hydrogen (secondary N) is 2. The Hall–Kier alpha value is -1.66. The summed E-state index contributed by atoms with van der Waals surface area (Å²) < 4.78 is 5.51. The van der Waals surface area contributed by atoms with Crippen LogP contribution in [0.3, 0.4) is 0 Å². The zero-order chi connectivity index (χ0) is 18.8. The summed E-state index contributed by atoms with van der Waals surface area (Å²) in [4.78, 5) is 11.8. The van der Waals surface area contributed by atoms with Crippen molar-refractivity contribution in [2.45, 2.75) is 46.7 Å². The van der Waals surface area contributed by atoms with Crippen molar-refractivity contribution >= 4 is 5.96 Å². The molecule has 146 valence electrons. The van der Waals surface area contributed by atoms with E-state index >= 15 is 0 Å². The van der Waals surface area contributed by atoms with E-state index in [2.05, 4.69) is 41.3 Å². The predicted octanol–water partition coefficient (Wildman–Crippen LogP) is 2.19. The van der Waals surface area contributed by atoms with Gasteiger partial charge in [0.2, 0.25) is 0 Å². The number of aryl methyl sites for hydroxylation is 1. The molecular weight excluding hydrogens is 326 g/mol. The first kappa shape index (κ1) is 20.6. The molecule has 0 aromatic carbocycles. The minimum absolute atomic E-state index is 0.500. The van der Waals surface area contributed by atoms with Crippen LogP contribution in [0.2, 0.25) is 0 Å². The summed E-state index contributed by atoms with van der Waals surface area (Å²) in [7, 11) is 0. The first-order valence-electron chi connectivity index (χ1n) is 9.85. The van der Waals surface area contributed by atoms with Gasteiger partial charge >= 0.3 is 0 Å². The molecule has 2 rings (SSSR count). The largest absolute Gasteiger partial charge is 0.379 e. The number of hydrogen-bond donors (Lipinski definition) is 2. The topological polar surface area (TPSA) is 61.8 Å². The van der Waals surface area contributed by atoms with E-state index in [-0.39, 0.29) is 0 Å². The average molecular weight is 362 g/mol. The number of guanidine groups is 1. The fourth-order valence-electron chi connectivity index (χ4n) is 3.25. The number of hydrogen-bond acceptors (Lipinski definition) is 4. The van der Waals surface area contributed by atoms with E-state index in [1.807, 2.05) is 25.1 Å². The maximum atomic E-state index is 5.51. The van der Waals surface area contributed by atoms with Gasteiger partial charge in [0, 0.05) is 37.9 Å². The second-order valence-corrected chi connectivity index (χ2v) is 7.28. The van der Waals surface area contributed by atoms with Crippen LogP contribution < -0.4 is 10.6 Å². The fourth-order valence-corrected chi connectivity index (χ4v) is 3.25. The van der Waals surface area contributed by atoms with Gasteiger partial charge in [-0.2, -0.15) is 0 Å². The van der Waals surface area contributed by atoms with Gasteiger partial charge in [-0.25, -0.2) is 4.99 Å². The lowest BCUT2D eigenvalue weighted by molar-refractivity contribution is 0.0132. The van der Waals surface area contributed by atoms with Crippen LogP contribution in [0, 0.1) is 12.8 Å². The SMILES string of the molecule is CCNC(=NCc1cccc(C)n1)NCC(CC(C)C)N1CCOCC1. The van der Waals surface area contributed by atoms with Crippen LogP contribution in [0.15, 0.2) is 23.2 Å². The first-order chi connectivity index (χ1) is 12.6. The third kappa shape index (κ3) is 7.30. The maximum Gasteiger partial charge on any atom is 0.191 e. The van der Waals surface area contributed by atoms with Crippen LogP contribution in [0.25, 0.3) is 0 Å². The van der Waals surface area contributed by atoms with Crippen molar-refractivity contribution in [2.24, 2.45) is 10.9 Å². The van der Waals surface area contributed by atoms with E-state index in [0.717, 1.165) is 56.7 Å². The predicted molar refractivity (Wildman–Crippen MR) is 107 cm³/mol. The maximum absolute atomic E-state index is 5.51. The summed E-state index contributed by atoms with van der Waals surface area (Å²) in [5.41, 5.74) is 2.02. The Kier molecular flexibility index (Phi) is 8.85. The van der Waals surface area contributed by atoms with E-state index in [0.29, 0.717) is 18.5 Å². The standard InChI is InChI=1S/C20H35N5O/c1-5-21-20(22-14-18-8-6-7-17(4)24-18)23-15-19(13-16(2)3)25-9-11-26-12-10-25/h6-8,16,19H,5,9-15H2,1-4H3,(H2,21,22,23). The molecule has 2 N–H and O–H groups in total. The Morgan fingerprint density at radius 1 is 1.27 bits per heavy atom. The van der Waals surface area contributed by atoms with Crippen molar-refractivity contribution < 1.29 is 4.74 Å². The molecule has 1 unspecified atom stereocenters. The molecule has 0 spiro atoms. The van der Waals surface area contributed by atoms with Gasteiger partial charge in [0.15, 0.2) is 5.96 Å². The van der Waals surface area contributed by atoms with E-state index in [9.17, 15) is 0 Å². The zero-order valence-corrected chi connectivity index (χ0v) is 16.8. The molecule has 1 fully saturated rings. The fraction of sp³-hybridized carbons (Fsp3) is 0.700. The zero-order valence-electron chi connectivity index (χ0n) is 16.8. The van der Waals surface area contributed by atoms with Crippen molar-refractivity contribution in [1.82, 2.24) is 20.5 Å². The number of morpholine rings is 1. The van der Waals surface area contributed by atoms with E-state index in [1.165, 1.54) is 6.42 Å². The summed E-state index contributed by atoms with van der Waals surface area (Å²) in [6.07, 6.45) is 1.17. The Balaban J connectivity index is 1.95. The van der Waals surface area contributed by atoms with Gasteiger partial charge < -0.3 is 15.4 Å². The number of ether oxygens (including phenoxy) is 1. The van der Waals surface area contributed by atoms with Crippen LogP contribution >= 0.6 is 0 Å². The van der Waals surface area contributed by atoms with E-state index in [4.69, 9.17) is 9.73 Å². The van der Waals surface area contributed by atoms with Gasteiger partial charge in [0.05, 0.1) is 25.5 Å². The number of nitrogens with zero attached hydrogens (tertiary/aromatic N) is 3. The third-order valence-corrected chi connectivity index (χ3v) is 4.50. The highest BCUT2D eigenvalue weighted by molar-refractivity contribution is 5.79. The normalized spacial score (nSPS) is 17.3. The quantitative estimate of drug-likeness (QED) is 0.549. The second-order valence-electron chi connectivity index (χ2n) is 7.28. The van der Waals surface area contributed by atoms with Crippen molar-refractivity contribution in [3.05, 3.63) is 29.6 Å². The summed E-state index contributed by atoms with van der Waals surface area (Å²) >= 11 is 0. The summed E-state index contributed by atoms with van der Waals surface area (Å²) in [5.74, 6) is 1.53. The van der Waals surface area contributed by atoms with Crippen LogP contribution in [0.5, 0.6) is 0 Å². The molecule has 1 aliphatic rings. The molecule has 0 radical (unpaired) electrons. The van der Waals surface area contributed by atoms with Crippen molar-refractivity contribution in [2.75, 3.05) is 39.4 Å². The molecule has 6 heteroatoms. The summed E-state index contributed by atoms with van der Waals surface area (Å²) in [6, 6.07) is 6.56. The lowest BCUT2D eigenvalue weighted by atomic mass is 10.0. The molecule has 1 aliphatic heterocycles. The monoisotopic (exact) mass is 361 g/mol. The van der Waals surface area contributed by atoms with Crippen LogP contribution in [0.1, 0.15) is 38.6 Å². The van der Waals surface area contributed by atoms with Crippen LogP contribution in [-0.2, 0) is 11.3 Å². The van der Waals surface area contributed by atoms with Gasteiger partial charge in [-0.1, -0.05) is 19.9 Å². The lowest BCUT2D eigenvalue weighted by Gasteiger charge is -2.35. The molecular formula is C20H35N5O. The Morgan fingerprint density at radius 3 is 2.69 bits per heavy atom. The highest BCUT2D eigenvalue weighted by Crippen LogP contribution is 2.13. The minimum Gasteiger partial charge on any atom is -0.379 e. The second kappa shape index (κ2) is 11.1. The van der Waals surface area contributed by atoms with Gasteiger partial charge in [-0.15, -0.1) is 0 Å². The number of aromatic nitrogens is 1. The Morgan fingerprint density at radius 2 is 2.04 bits per heavy atom. The highest BCUT2D eigenvalue weighted by atomic mass is 16.5. The first-order valence-corrected chi connectivity index (χ1v) is 9.85. The molecule has 26 heavy (non-hydrogen) atoms. The Bertz CT molecular complexity index is 555. The number of pyridine rings is 1. The Labute approximate surface area is 158 Å². The molecule has 0 amide bonds. The van der Waals surface area contributed by atoms with E-state index in [1.54, 1.807) is 0 Å². The molecule has 6 nitrogen and oxygen atoms in total. The van der Waals surface area contributed by atoms with Crippen molar-refractivity contribution in [1.29, 1.82) is 0 Å². The summed E-state index contributed by atoms with van der Waals surface area (Å²) in [5, 5.41) is 6.88. The van der Waals surface area contributed by atoms with Gasteiger partial charge in [-0.3, -0.25) is 9.88 Å². The van der Waals surface area contributed by atoms with E-state index < -0.39 is 0 Å². The average Bonchev–Trinajstić information content (AvgIpc) is 2.63. The molecule has 2 heterocycles. The van der Waals surface area contributed by atoms with Gasteiger partial charge in [0.1, 0.15) is 0 Å².